The van der Waals surface area contributed by atoms with Gasteiger partial charge in [-0.3, -0.25) is 14.4 Å². The summed E-state index contributed by atoms with van der Waals surface area (Å²) in [5.41, 5.74) is -0.814. The summed E-state index contributed by atoms with van der Waals surface area (Å²) in [7, 11) is 0. The molecule has 5 nitrogen and oxygen atoms in total. The highest BCUT2D eigenvalue weighted by Gasteiger charge is 2.31. The lowest BCUT2D eigenvalue weighted by molar-refractivity contribution is -0.189. The molecule has 0 bridgehead atoms. The van der Waals surface area contributed by atoms with Crippen molar-refractivity contribution < 1.29 is 32.3 Å². The van der Waals surface area contributed by atoms with E-state index < -0.39 is 23.6 Å². The number of hydroxylamine groups is 2. The van der Waals surface area contributed by atoms with Crippen LogP contribution in [0, 0.1) is 0 Å². The Morgan fingerprint density at radius 1 is 1.10 bits per heavy atom. The smallest absolute Gasteiger partial charge is 0.416 e. The average molecular weight is 303 g/mol. The van der Waals surface area contributed by atoms with Crippen molar-refractivity contribution in [2.24, 2.45) is 0 Å². The standard InChI is InChI=1S/C13H12F3NO4/c14-13(15,16)9-2-1-3-10(8-9)20-6-7-21-17-11(18)4-5-12(17)19/h1-3,8H,4-7H2. The minimum atomic E-state index is -4.44. The van der Waals surface area contributed by atoms with Gasteiger partial charge in [-0.2, -0.15) is 18.2 Å². The van der Waals surface area contributed by atoms with Gasteiger partial charge in [0.1, 0.15) is 19.0 Å². The number of carbonyl (C=O) groups excluding carboxylic acids is 2. The van der Waals surface area contributed by atoms with Gasteiger partial charge in [0.25, 0.3) is 11.8 Å². The highest BCUT2D eigenvalue weighted by atomic mass is 19.4. The monoisotopic (exact) mass is 303 g/mol. The molecule has 0 saturated carbocycles. The fourth-order valence-corrected chi connectivity index (χ4v) is 1.75. The highest BCUT2D eigenvalue weighted by molar-refractivity contribution is 6.00. The van der Waals surface area contributed by atoms with E-state index in [1.807, 2.05) is 0 Å². The largest absolute Gasteiger partial charge is 0.491 e. The number of hydrogen-bond acceptors (Lipinski definition) is 4. The number of halogens is 3. The molecule has 1 heterocycles. The zero-order valence-corrected chi connectivity index (χ0v) is 10.9. The predicted octanol–water partition coefficient (Wildman–Crippen LogP) is 2.16. The number of amides is 2. The highest BCUT2D eigenvalue weighted by Crippen LogP contribution is 2.31. The molecule has 1 aromatic rings. The Hall–Kier alpha value is -2.09. The summed E-state index contributed by atoms with van der Waals surface area (Å²) in [6, 6.07) is 4.41. The molecule has 0 spiro atoms. The Bertz CT molecular complexity index is 528. The lowest BCUT2D eigenvalue weighted by Crippen LogP contribution is -2.30. The number of hydrogen-bond donors (Lipinski definition) is 0. The van der Waals surface area contributed by atoms with Crippen molar-refractivity contribution in [3.63, 3.8) is 0 Å². The Balaban J connectivity index is 1.81. The minimum Gasteiger partial charge on any atom is -0.491 e. The van der Waals surface area contributed by atoms with Gasteiger partial charge in [0, 0.05) is 12.8 Å². The average Bonchev–Trinajstić information content (AvgIpc) is 2.74. The molecule has 2 amide bonds. The maximum absolute atomic E-state index is 12.5. The quantitative estimate of drug-likeness (QED) is 0.618. The molecule has 114 valence electrons. The van der Waals surface area contributed by atoms with E-state index in [2.05, 4.69) is 0 Å². The number of nitrogens with zero attached hydrogens (tertiary/aromatic N) is 1. The van der Waals surface area contributed by atoms with Gasteiger partial charge >= 0.3 is 6.18 Å². The van der Waals surface area contributed by atoms with Crippen LogP contribution in [0.25, 0.3) is 0 Å². The first kappa shape index (κ1) is 15.3. The first-order valence-corrected chi connectivity index (χ1v) is 6.16. The van der Waals surface area contributed by atoms with E-state index in [1.165, 1.54) is 12.1 Å². The molecule has 8 heteroatoms. The Morgan fingerprint density at radius 2 is 1.76 bits per heavy atom. The van der Waals surface area contributed by atoms with Gasteiger partial charge in [-0.15, -0.1) is 0 Å². The summed E-state index contributed by atoms with van der Waals surface area (Å²) in [5, 5.41) is 0.662. The molecule has 21 heavy (non-hydrogen) atoms. The molecule has 0 N–H and O–H groups in total. The second-order valence-corrected chi connectivity index (χ2v) is 4.29. The fraction of sp³-hybridized carbons (Fsp3) is 0.385. The van der Waals surface area contributed by atoms with Crippen LogP contribution in [-0.4, -0.2) is 30.1 Å². The second kappa shape index (κ2) is 6.13. The van der Waals surface area contributed by atoms with Gasteiger partial charge in [-0.1, -0.05) is 6.07 Å². The van der Waals surface area contributed by atoms with Crippen molar-refractivity contribution in [1.29, 1.82) is 0 Å². The zero-order valence-electron chi connectivity index (χ0n) is 10.9. The van der Waals surface area contributed by atoms with Gasteiger partial charge < -0.3 is 4.74 Å². The number of ether oxygens (including phenoxy) is 1. The van der Waals surface area contributed by atoms with E-state index in [4.69, 9.17) is 9.57 Å². The Kier molecular flexibility index (Phi) is 4.46. The molecule has 2 rings (SSSR count). The first-order valence-electron chi connectivity index (χ1n) is 6.16. The lowest BCUT2D eigenvalue weighted by atomic mass is 10.2. The van der Waals surface area contributed by atoms with E-state index in [0.717, 1.165) is 12.1 Å². The molecule has 0 unspecified atom stereocenters. The van der Waals surface area contributed by atoms with E-state index in [0.29, 0.717) is 5.06 Å². The lowest BCUT2D eigenvalue weighted by Gasteiger charge is -2.14. The number of carbonyl (C=O) groups is 2. The molecule has 1 aromatic carbocycles. The van der Waals surface area contributed by atoms with Crippen LogP contribution in [-0.2, 0) is 20.6 Å². The van der Waals surface area contributed by atoms with Crippen molar-refractivity contribution in [3.05, 3.63) is 29.8 Å². The van der Waals surface area contributed by atoms with Crippen LogP contribution in [0.1, 0.15) is 18.4 Å². The maximum Gasteiger partial charge on any atom is 0.416 e. The van der Waals surface area contributed by atoms with Crippen molar-refractivity contribution >= 4 is 11.8 Å². The van der Waals surface area contributed by atoms with Crippen LogP contribution in [0.15, 0.2) is 24.3 Å². The summed E-state index contributed by atoms with van der Waals surface area (Å²) in [6.45, 7) is -0.202. The first-order chi connectivity index (χ1) is 9.88. The SMILES string of the molecule is O=C1CCC(=O)N1OCCOc1cccc(C(F)(F)F)c1. The minimum absolute atomic E-state index is 0.0347. The molecule has 0 radical (unpaired) electrons. The Labute approximate surface area is 118 Å². The van der Waals surface area contributed by atoms with Crippen LogP contribution in [0.2, 0.25) is 0 Å². The molecular formula is C13H12F3NO4. The van der Waals surface area contributed by atoms with E-state index >= 15 is 0 Å². The van der Waals surface area contributed by atoms with Crippen LogP contribution < -0.4 is 4.74 Å². The van der Waals surface area contributed by atoms with Crippen molar-refractivity contribution in [1.82, 2.24) is 5.06 Å². The van der Waals surface area contributed by atoms with Crippen molar-refractivity contribution in [2.45, 2.75) is 19.0 Å². The molecule has 1 aliphatic rings. The zero-order chi connectivity index (χ0) is 15.5. The van der Waals surface area contributed by atoms with E-state index in [9.17, 15) is 22.8 Å². The third-order valence-corrected chi connectivity index (χ3v) is 2.74. The van der Waals surface area contributed by atoms with E-state index in [-0.39, 0.29) is 31.8 Å². The summed E-state index contributed by atoms with van der Waals surface area (Å²) >= 11 is 0. The van der Waals surface area contributed by atoms with Gasteiger partial charge in [0.05, 0.1) is 5.56 Å². The molecule has 1 saturated heterocycles. The third-order valence-electron chi connectivity index (χ3n) is 2.74. The maximum atomic E-state index is 12.5. The van der Waals surface area contributed by atoms with Gasteiger partial charge in [-0.25, -0.2) is 0 Å². The predicted molar refractivity (Wildman–Crippen MR) is 64.0 cm³/mol. The second-order valence-electron chi connectivity index (χ2n) is 4.29. The number of imide groups is 1. The van der Waals surface area contributed by atoms with Crippen LogP contribution in [0.3, 0.4) is 0 Å². The van der Waals surface area contributed by atoms with Gasteiger partial charge in [-0.05, 0) is 18.2 Å². The number of benzene rings is 1. The van der Waals surface area contributed by atoms with Gasteiger partial charge in [0.2, 0.25) is 0 Å². The summed E-state index contributed by atoms with van der Waals surface area (Å²) in [4.78, 5) is 27.4. The Morgan fingerprint density at radius 3 is 2.38 bits per heavy atom. The van der Waals surface area contributed by atoms with Crippen LogP contribution >= 0.6 is 0 Å². The fourth-order valence-electron chi connectivity index (χ4n) is 1.75. The molecule has 0 atom stereocenters. The van der Waals surface area contributed by atoms with Gasteiger partial charge in [0.15, 0.2) is 0 Å². The summed E-state index contributed by atoms with van der Waals surface area (Å²) in [6.07, 6.45) is -4.23. The normalized spacial score (nSPS) is 15.7. The number of alkyl halides is 3. The van der Waals surface area contributed by atoms with Crippen LogP contribution in [0.5, 0.6) is 5.75 Å². The summed E-state index contributed by atoms with van der Waals surface area (Å²) in [5.74, 6) is -0.828. The molecular weight excluding hydrogens is 291 g/mol. The molecule has 0 aromatic heterocycles. The van der Waals surface area contributed by atoms with Crippen molar-refractivity contribution in [2.75, 3.05) is 13.2 Å². The summed E-state index contributed by atoms with van der Waals surface area (Å²) < 4.78 is 42.6. The molecule has 0 aliphatic carbocycles. The third kappa shape index (κ3) is 3.94. The van der Waals surface area contributed by atoms with E-state index in [1.54, 1.807) is 0 Å². The number of rotatable bonds is 5. The molecule has 1 aliphatic heterocycles. The molecule has 1 fully saturated rings. The van der Waals surface area contributed by atoms with Crippen molar-refractivity contribution in [3.8, 4) is 5.75 Å². The van der Waals surface area contributed by atoms with Crippen LogP contribution in [0.4, 0.5) is 13.2 Å². The topological polar surface area (TPSA) is 55.8 Å².